The number of carbonyl (C=O) groups is 2. The van der Waals surface area contributed by atoms with E-state index in [2.05, 4.69) is 20.7 Å². The summed E-state index contributed by atoms with van der Waals surface area (Å²) in [7, 11) is 1.58. The average Bonchev–Trinajstić information content (AvgIpc) is 3.40. The fourth-order valence-electron chi connectivity index (χ4n) is 4.92. The monoisotopic (exact) mass is 504 g/mol. The summed E-state index contributed by atoms with van der Waals surface area (Å²) < 4.78 is 19.5. The Morgan fingerprint density at radius 2 is 1.97 bits per heavy atom. The van der Waals surface area contributed by atoms with Gasteiger partial charge < -0.3 is 30.6 Å². The van der Waals surface area contributed by atoms with Gasteiger partial charge in [-0.05, 0) is 25.3 Å². The van der Waals surface area contributed by atoms with Crippen LogP contribution in [-0.2, 0) is 14.3 Å². The van der Waals surface area contributed by atoms with Crippen LogP contribution in [0.1, 0.15) is 42.1 Å². The normalized spacial score (nSPS) is 19.9. The highest BCUT2D eigenvalue weighted by Gasteiger charge is 2.53. The lowest BCUT2D eigenvalue weighted by Gasteiger charge is -2.44. The third-order valence-electron chi connectivity index (χ3n) is 7.14. The number of nitrogens with zero attached hydrogens (tertiary/aromatic N) is 3. The number of benzene rings is 1. The van der Waals surface area contributed by atoms with E-state index in [4.69, 9.17) is 19.9 Å². The number of rotatable bonds is 8. The summed E-state index contributed by atoms with van der Waals surface area (Å²) in [6, 6.07) is 7.28. The van der Waals surface area contributed by atoms with E-state index in [9.17, 15) is 9.59 Å². The molecule has 1 aliphatic heterocycles. The Morgan fingerprint density at radius 3 is 2.65 bits per heavy atom. The Labute approximate surface area is 213 Å². The van der Waals surface area contributed by atoms with Crippen molar-refractivity contribution in [2.24, 2.45) is 11.7 Å². The summed E-state index contributed by atoms with van der Waals surface area (Å²) in [5.41, 5.74) is 8.49. The zero-order valence-corrected chi connectivity index (χ0v) is 20.4. The first-order valence-electron chi connectivity index (χ1n) is 12.3. The molecule has 0 bridgehead atoms. The van der Waals surface area contributed by atoms with Gasteiger partial charge in [-0.3, -0.25) is 14.3 Å². The first kappa shape index (κ1) is 23.4. The molecule has 3 fully saturated rings. The van der Waals surface area contributed by atoms with Gasteiger partial charge in [0, 0.05) is 41.9 Å². The summed E-state index contributed by atoms with van der Waals surface area (Å²) in [5, 5.41) is 10.6. The van der Waals surface area contributed by atoms with Gasteiger partial charge >= 0.3 is 0 Å². The number of anilines is 3. The number of primary amides is 1. The third-order valence-corrected chi connectivity index (χ3v) is 7.14. The van der Waals surface area contributed by atoms with Crippen molar-refractivity contribution < 1.29 is 23.8 Å². The van der Waals surface area contributed by atoms with E-state index in [1.165, 1.54) is 6.20 Å². The van der Waals surface area contributed by atoms with Crippen molar-refractivity contribution in [3.8, 4) is 16.9 Å². The van der Waals surface area contributed by atoms with E-state index in [-0.39, 0.29) is 23.4 Å². The minimum atomic E-state index is -0.641. The molecule has 11 heteroatoms. The number of pyridine rings is 1. The molecule has 11 nitrogen and oxygen atoms in total. The zero-order chi connectivity index (χ0) is 25.6. The van der Waals surface area contributed by atoms with Gasteiger partial charge in [-0.2, -0.15) is 5.10 Å². The van der Waals surface area contributed by atoms with E-state index in [0.717, 1.165) is 36.8 Å². The number of ether oxygens (including phenoxy) is 3. The van der Waals surface area contributed by atoms with Crippen LogP contribution in [0, 0.1) is 5.92 Å². The van der Waals surface area contributed by atoms with Crippen LogP contribution in [0.15, 0.2) is 42.9 Å². The SMILES string of the molecule is COc1c(Nc2cc(NC(=O)C3CC3)ncc2C(N)=O)cccc1-c1cnn([C@@H]2CCC23OCCO3)c1. The van der Waals surface area contributed by atoms with Crippen LogP contribution in [0.25, 0.3) is 11.1 Å². The molecule has 3 aromatic rings. The Hall–Kier alpha value is -3.96. The van der Waals surface area contributed by atoms with Gasteiger partial charge in [0.2, 0.25) is 5.91 Å². The van der Waals surface area contributed by atoms with E-state index in [1.807, 2.05) is 29.1 Å². The van der Waals surface area contributed by atoms with Gasteiger partial charge in [0.1, 0.15) is 17.6 Å². The van der Waals surface area contributed by atoms with Gasteiger partial charge in [0.25, 0.3) is 5.91 Å². The minimum absolute atomic E-state index is 0.0216. The Bertz CT molecular complexity index is 1360. The van der Waals surface area contributed by atoms with Crippen molar-refractivity contribution in [1.82, 2.24) is 14.8 Å². The fourth-order valence-corrected chi connectivity index (χ4v) is 4.92. The second-order valence-electron chi connectivity index (χ2n) is 9.53. The molecule has 1 aromatic carbocycles. The van der Waals surface area contributed by atoms with Gasteiger partial charge in [-0.25, -0.2) is 4.98 Å². The summed E-state index contributed by atoms with van der Waals surface area (Å²) in [5.74, 6) is -0.370. The van der Waals surface area contributed by atoms with Crippen LogP contribution in [0.5, 0.6) is 5.75 Å². The quantitative estimate of drug-likeness (QED) is 0.424. The molecule has 1 saturated heterocycles. The fraction of sp³-hybridized carbons (Fsp3) is 0.385. The zero-order valence-electron chi connectivity index (χ0n) is 20.4. The van der Waals surface area contributed by atoms with Crippen molar-refractivity contribution in [3.63, 3.8) is 0 Å². The number of nitrogens with one attached hydrogen (secondary N) is 2. The molecule has 192 valence electrons. The summed E-state index contributed by atoms with van der Waals surface area (Å²) >= 11 is 0. The van der Waals surface area contributed by atoms with Crippen molar-refractivity contribution in [2.75, 3.05) is 31.0 Å². The number of hydrogen-bond donors (Lipinski definition) is 3. The van der Waals surface area contributed by atoms with Crippen LogP contribution < -0.4 is 21.1 Å². The Morgan fingerprint density at radius 1 is 1.16 bits per heavy atom. The van der Waals surface area contributed by atoms with Crippen molar-refractivity contribution in [3.05, 3.63) is 48.4 Å². The lowest BCUT2D eigenvalue weighted by molar-refractivity contribution is -0.242. The van der Waals surface area contributed by atoms with E-state index >= 15 is 0 Å². The van der Waals surface area contributed by atoms with Crippen LogP contribution in [0.3, 0.4) is 0 Å². The summed E-state index contributed by atoms with van der Waals surface area (Å²) in [4.78, 5) is 28.5. The molecule has 3 aliphatic rings. The molecular formula is C26H28N6O5. The predicted molar refractivity (Wildman–Crippen MR) is 135 cm³/mol. The maximum atomic E-state index is 12.2. The molecule has 37 heavy (non-hydrogen) atoms. The number of amides is 2. The second-order valence-corrected chi connectivity index (χ2v) is 9.53. The van der Waals surface area contributed by atoms with Crippen molar-refractivity contribution in [1.29, 1.82) is 0 Å². The smallest absolute Gasteiger partial charge is 0.252 e. The largest absolute Gasteiger partial charge is 0.494 e. The third kappa shape index (κ3) is 4.30. The highest BCUT2D eigenvalue weighted by Crippen LogP contribution is 2.48. The van der Waals surface area contributed by atoms with Crippen LogP contribution in [0.2, 0.25) is 0 Å². The molecule has 2 amide bonds. The van der Waals surface area contributed by atoms with Gasteiger partial charge in [0.05, 0.1) is 43.5 Å². The summed E-state index contributed by atoms with van der Waals surface area (Å²) in [6.07, 6.45) is 8.64. The van der Waals surface area contributed by atoms with Crippen LogP contribution in [0.4, 0.5) is 17.2 Å². The highest BCUT2D eigenvalue weighted by molar-refractivity contribution is 6.01. The maximum Gasteiger partial charge on any atom is 0.252 e. The molecule has 1 spiro atoms. The van der Waals surface area contributed by atoms with E-state index < -0.39 is 11.7 Å². The lowest BCUT2D eigenvalue weighted by atomic mass is 9.85. The van der Waals surface area contributed by atoms with E-state index in [1.54, 1.807) is 19.4 Å². The molecule has 3 heterocycles. The molecule has 0 radical (unpaired) electrons. The molecule has 2 saturated carbocycles. The molecule has 1 atom stereocenters. The number of para-hydroxylation sites is 1. The molecule has 4 N–H and O–H groups in total. The Kier molecular flexibility index (Phi) is 5.81. The van der Waals surface area contributed by atoms with Gasteiger partial charge in [-0.1, -0.05) is 12.1 Å². The van der Waals surface area contributed by atoms with Crippen LogP contribution in [-0.4, -0.2) is 52.7 Å². The standard InChI is InChI=1S/C26H28N6O5/c1-35-23-17(16-12-29-32(14-16)21-7-8-26(21)36-9-10-37-26)3-2-4-19(23)30-20-11-22(28-13-18(20)24(27)33)31-25(34)15-5-6-15/h2-4,11-15,21H,5-10H2,1H3,(H2,27,33)(H2,28,30,31,34)/t21-/m1/s1. The number of aromatic nitrogens is 3. The summed E-state index contributed by atoms with van der Waals surface area (Å²) in [6.45, 7) is 1.20. The average molecular weight is 505 g/mol. The van der Waals surface area contributed by atoms with E-state index in [0.29, 0.717) is 36.2 Å². The maximum absolute atomic E-state index is 12.2. The number of hydrogen-bond acceptors (Lipinski definition) is 8. The van der Waals surface area contributed by atoms with Crippen molar-refractivity contribution in [2.45, 2.75) is 37.5 Å². The topological polar surface area (TPSA) is 143 Å². The molecule has 2 aliphatic carbocycles. The number of carbonyl (C=O) groups excluding carboxylic acids is 2. The molecule has 6 rings (SSSR count). The first-order valence-corrected chi connectivity index (χ1v) is 12.3. The van der Waals surface area contributed by atoms with Crippen molar-refractivity contribution >= 4 is 29.0 Å². The highest BCUT2D eigenvalue weighted by atomic mass is 16.7. The second kappa shape index (κ2) is 9.16. The molecule has 0 unspecified atom stereocenters. The predicted octanol–water partition coefficient (Wildman–Crippen LogP) is 3.22. The van der Waals surface area contributed by atoms with Gasteiger partial charge in [0.15, 0.2) is 5.79 Å². The lowest BCUT2D eigenvalue weighted by Crippen LogP contribution is -2.49. The van der Waals surface area contributed by atoms with Gasteiger partial charge in [-0.15, -0.1) is 0 Å². The Balaban J connectivity index is 1.29. The molecule has 2 aromatic heterocycles. The number of nitrogens with two attached hydrogens (primary N) is 1. The number of methoxy groups -OCH3 is 1. The molecular weight excluding hydrogens is 476 g/mol. The first-order chi connectivity index (χ1) is 18.0. The van der Waals surface area contributed by atoms with Crippen LogP contribution >= 0.6 is 0 Å². The minimum Gasteiger partial charge on any atom is -0.494 e.